The summed E-state index contributed by atoms with van der Waals surface area (Å²) >= 11 is 0. The molecule has 1 aromatic rings. The lowest BCUT2D eigenvalue weighted by Gasteiger charge is -2.34. The third kappa shape index (κ3) is 1.79. The van der Waals surface area contributed by atoms with Crippen molar-refractivity contribution >= 4 is 5.71 Å². The summed E-state index contributed by atoms with van der Waals surface area (Å²) in [5.74, 6) is 1.42. The molecule has 0 amide bonds. The van der Waals surface area contributed by atoms with Crippen LogP contribution in [0.15, 0.2) is 35.3 Å². The minimum absolute atomic E-state index is 0.625. The molecule has 0 N–H and O–H groups in total. The molecule has 1 aliphatic heterocycles. The molecule has 0 saturated heterocycles. The van der Waals surface area contributed by atoms with Gasteiger partial charge in [0.1, 0.15) is 0 Å². The number of hydrogen-bond acceptors (Lipinski definition) is 1. The fourth-order valence-electron chi connectivity index (χ4n) is 3.25. The molecule has 1 heterocycles. The van der Waals surface area contributed by atoms with E-state index in [0.29, 0.717) is 5.92 Å². The Morgan fingerprint density at radius 3 is 2.62 bits per heavy atom. The Labute approximate surface area is 97.6 Å². The van der Waals surface area contributed by atoms with Gasteiger partial charge < -0.3 is 0 Å². The molecule has 0 unspecified atom stereocenters. The Bertz CT molecular complexity index is 380. The average Bonchev–Trinajstić information content (AvgIpc) is 2.39. The van der Waals surface area contributed by atoms with Crippen LogP contribution in [0.3, 0.4) is 0 Å². The molecular formula is C15H19N. The zero-order chi connectivity index (χ0) is 10.8. The number of hydrogen-bond donors (Lipinski definition) is 0. The molecular weight excluding hydrogens is 194 g/mol. The van der Waals surface area contributed by atoms with E-state index in [-0.39, 0.29) is 0 Å². The van der Waals surface area contributed by atoms with Gasteiger partial charge in [-0.15, -0.1) is 0 Å². The average molecular weight is 213 g/mol. The van der Waals surface area contributed by atoms with Gasteiger partial charge in [0.15, 0.2) is 0 Å². The van der Waals surface area contributed by atoms with Gasteiger partial charge in [0.25, 0.3) is 0 Å². The van der Waals surface area contributed by atoms with Crippen LogP contribution in [0.4, 0.5) is 0 Å². The lowest BCUT2D eigenvalue weighted by atomic mass is 9.73. The summed E-state index contributed by atoms with van der Waals surface area (Å²) in [7, 11) is 0. The first-order valence-corrected chi connectivity index (χ1v) is 6.54. The number of nitrogens with zero attached hydrogens (tertiary/aromatic N) is 1. The topological polar surface area (TPSA) is 12.4 Å². The maximum Gasteiger partial charge on any atom is 0.0389 e. The normalized spacial score (nSPS) is 29.4. The Morgan fingerprint density at radius 1 is 0.938 bits per heavy atom. The maximum absolute atomic E-state index is 4.83. The zero-order valence-electron chi connectivity index (χ0n) is 9.73. The summed E-state index contributed by atoms with van der Waals surface area (Å²) in [6, 6.07) is 10.9. The lowest BCUT2D eigenvalue weighted by molar-refractivity contribution is 0.446. The van der Waals surface area contributed by atoms with E-state index in [0.717, 1.165) is 12.5 Å². The van der Waals surface area contributed by atoms with Crippen LogP contribution in [0.25, 0.3) is 0 Å². The number of fused-ring (bicyclic) bond motifs is 1. The monoisotopic (exact) mass is 213 g/mol. The van der Waals surface area contributed by atoms with Gasteiger partial charge in [-0.2, -0.15) is 0 Å². The lowest BCUT2D eigenvalue weighted by Crippen LogP contribution is -2.30. The fourth-order valence-corrected chi connectivity index (χ4v) is 3.25. The third-order valence-electron chi connectivity index (χ3n) is 4.03. The first-order valence-electron chi connectivity index (χ1n) is 6.54. The van der Waals surface area contributed by atoms with E-state index >= 15 is 0 Å². The second kappa shape index (κ2) is 4.40. The van der Waals surface area contributed by atoms with Crippen molar-refractivity contribution < 1.29 is 0 Å². The molecule has 16 heavy (non-hydrogen) atoms. The molecule has 1 aliphatic carbocycles. The summed E-state index contributed by atoms with van der Waals surface area (Å²) in [5, 5.41) is 0. The van der Waals surface area contributed by atoms with E-state index in [1.165, 1.54) is 43.4 Å². The Hall–Kier alpha value is -1.11. The summed E-state index contributed by atoms with van der Waals surface area (Å²) in [4.78, 5) is 4.83. The molecule has 0 aromatic heterocycles. The van der Waals surface area contributed by atoms with Crippen LogP contribution >= 0.6 is 0 Å². The van der Waals surface area contributed by atoms with Gasteiger partial charge in [0.2, 0.25) is 0 Å². The highest BCUT2D eigenvalue weighted by molar-refractivity contribution is 5.94. The van der Waals surface area contributed by atoms with Gasteiger partial charge in [-0.1, -0.05) is 36.8 Å². The number of rotatable bonds is 1. The summed E-state index contributed by atoms with van der Waals surface area (Å²) in [5.41, 5.74) is 3.00. The van der Waals surface area contributed by atoms with E-state index in [1.807, 2.05) is 0 Å². The SMILES string of the molecule is c1ccc([C@@H]2CCC[C@@H]3CCCN=C32)cc1. The van der Waals surface area contributed by atoms with Gasteiger partial charge in [0.05, 0.1) is 0 Å². The summed E-state index contributed by atoms with van der Waals surface area (Å²) in [6.45, 7) is 1.06. The largest absolute Gasteiger partial charge is 0.293 e. The predicted octanol–water partition coefficient (Wildman–Crippen LogP) is 3.81. The molecule has 2 aliphatic rings. The number of benzene rings is 1. The van der Waals surface area contributed by atoms with Crippen molar-refractivity contribution in [3.8, 4) is 0 Å². The smallest absolute Gasteiger partial charge is 0.0389 e. The van der Waals surface area contributed by atoms with Crippen LogP contribution in [0, 0.1) is 5.92 Å². The third-order valence-corrected chi connectivity index (χ3v) is 4.03. The van der Waals surface area contributed by atoms with Gasteiger partial charge in [0, 0.05) is 18.2 Å². The first-order chi connectivity index (χ1) is 7.95. The van der Waals surface area contributed by atoms with Crippen LogP contribution in [0.5, 0.6) is 0 Å². The molecule has 2 atom stereocenters. The van der Waals surface area contributed by atoms with Crippen molar-refractivity contribution in [2.45, 2.75) is 38.0 Å². The Kier molecular flexibility index (Phi) is 2.77. The highest BCUT2D eigenvalue weighted by atomic mass is 14.8. The zero-order valence-corrected chi connectivity index (χ0v) is 9.73. The van der Waals surface area contributed by atoms with Crippen molar-refractivity contribution in [3.63, 3.8) is 0 Å². The molecule has 0 bridgehead atoms. The first kappa shape index (κ1) is 10.1. The molecule has 1 saturated carbocycles. The minimum atomic E-state index is 0.625. The highest BCUT2D eigenvalue weighted by Crippen LogP contribution is 2.37. The molecule has 1 nitrogen and oxygen atoms in total. The standard InChI is InChI=1S/C15H19N/c1-2-6-12(7-3-1)14-10-4-8-13-9-5-11-16-15(13)14/h1-3,6-7,13-14H,4-5,8-11H2/t13-,14+/m1/s1. The van der Waals surface area contributed by atoms with E-state index in [2.05, 4.69) is 30.3 Å². The molecule has 1 aromatic carbocycles. The van der Waals surface area contributed by atoms with Crippen molar-refractivity contribution in [1.29, 1.82) is 0 Å². The quantitative estimate of drug-likeness (QED) is 0.672. The molecule has 1 heteroatoms. The predicted molar refractivity (Wildman–Crippen MR) is 68.1 cm³/mol. The van der Waals surface area contributed by atoms with Crippen molar-refractivity contribution in [2.75, 3.05) is 6.54 Å². The highest BCUT2D eigenvalue weighted by Gasteiger charge is 2.30. The van der Waals surface area contributed by atoms with Crippen LogP contribution in [0.2, 0.25) is 0 Å². The number of aliphatic imine (C=N–C) groups is 1. The van der Waals surface area contributed by atoms with Crippen molar-refractivity contribution in [2.24, 2.45) is 10.9 Å². The Morgan fingerprint density at radius 2 is 1.75 bits per heavy atom. The Balaban J connectivity index is 1.92. The van der Waals surface area contributed by atoms with Gasteiger partial charge in [-0.3, -0.25) is 4.99 Å². The van der Waals surface area contributed by atoms with Gasteiger partial charge >= 0.3 is 0 Å². The van der Waals surface area contributed by atoms with Crippen LogP contribution in [-0.2, 0) is 0 Å². The molecule has 84 valence electrons. The second-order valence-corrected chi connectivity index (χ2v) is 5.04. The second-order valence-electron chi connectivity index (χ2n) is 5.04. The van der Waals surface area contributed by atoms with Gasteiger partial charge in [-0.05, 0) is 37.2 Å². The van der Waals surface area contributed by atoms with Crippen LogP contribution in [-0.4, -0.2) is 12.3 Å². The van der Waals surface area contributed by atoms with Crippen molar-refractivity contribution in [3.05, 3.63) is 35.9 Å². The van der Waals surface area contributed by atoms with E-state index < -0.39 is 0 Å². The molecule has 3 rings (SSSR count). The van der Waals surface area contributed by atoms with E-state index in [9.17, 15) is 0 Å². The molecule has 0 radical (unpaired) electrons. The van der Waals surface area contributed by atoms with E-state index in [4.69, 9.17) is 4.99 Å². The molecule has 0 spiro atoms. The summed E-state index contributed by atoms with van der Waals surface area (Å²) in [6.07, 6.45) is 6.74. The van der Waals surface area contributed by atoms with Crippen LogP contribution < -0.4 is 0 Å². The maximum atomic E-state index is 4.83. The minimum Gasteiger partial charge on any atom is -0.293 e. The van der Waals surface area contributed by atoms with E-state index in [1.54, 1.807) is 0 Å². The summed E-state index contributed by atoms with van der Waals surface area (Å²) < 4.78 is 0. The van der Waals surface area contributed by atoms with Crippen molar-refractivity contribution in [1.82, 2.24) is 0 Å². The van der Waals surface area contributed by atoms with Gasteiger partial charge in [-0.25, -0.2) is 0 Å². The van der Waals surface area contributed by atoms with Crippen LogP contribution in [0.1, 0.15) is 43.6 Å². The molecule has 1 fully saturated rings. The fraction of sp³-hybridized carbons (Fsp3) is 0.533.